The molecule has 1 aliphatic carbocycles. The Labute approximate surface area is 164 Å². The molecule has 3 rings (SSSR count). The lowest BCUT2D eigenvalue weighted by molar-refractivity contribution is 0.0527. The molecule has 2 N–H and O–H groups in total. The second kappa shape index (κ2) is 9.17. The number of anilines is 1. The molecule has 1 aliphatic rings. The summed E-state index contributed by atoms with van der Waals surface area (Å²) in [4.78, 5) is 36.9. The molecule has 0 unspecified atom stereocenters. The van der Waals surface area contributed by atoms with Gasteiger partial charge in [0.2, 0.25) is 0 Å². The lowest BCUT2D eigenvalue weighted by Crippen LogP contribution is -2.32. The highest BCUT2D eigenvalue weighted by atomic mass is 16.5. The zero-order chi connectivity index (χ0) is 19.9. The summed E-state index contributed by atoms with van der Waals surface area (Å²) in [5.41, 5.74) is 1.60. The molecule has 28 heavy (non-hydrogen) atoms. The third-order valence-corrected chi connectivity index (χ3v) is 4.77. The molecule has 146 valence electrons. The Morgan fingerprint density at radius 2 is 1.54 bits per heavy atom. The highest BCUT2D eigenvalue weighted by molar-refractivity contribution is 6.08. The molecule has 0 bridgehead atoms. The van der Waals surface area contributed by atoms with Crippen molar-refractivity contribution in [2.75, 3.05) is 11.9 Å². The van der Waals surface area contributed by atoms with Gasteiger partial charge in [0, 0.05) is 17.2 Å². The maximum atomic E-state index is 12.5. The van der Waals surface area contributed by atoms with Crippen LogP contribution in [0.15, 0.2) is 48.5 Å². The number of carbonyl (C=O) groups is 3. The molecular formula is C22H24N2O4. The first-order valence-electron chi connectivity index (χ1n) is 9.57. The van der Waals surface area contributed by atoms with Crippen molar-refractivity contribution in [3.8, 4) is 0 Å². The molecule has 0 aromatic heterocycles. The van der Waals surface area contributed by atoms with Crippen molar-refractivity contribution in [2.24, 2.45) is 0 Å². The van der Waals surface area contributed by atoms with Crippen LogP contribution in [0.1, 0.15) is 63.7 Å². The highest BCUT2D eigenvalue weighted by Crippen LogP contribution is 2.19. The van der Waals surface area contributed by atoms with Crippen LogP contribution in [0.25, 0.3) is 0 Å². The van der Waals surface area contributed by atoms with Crippen LogP contribution in [0.3, 0.4) is 0 Å². The van der Waals surface area contributed by atoms with Crippen LogP contribution in [0.2, 0.25) is 0 Å². The molecule has 0 spiro atoms. The van der Waals surface area contributed by atoms with Crippen LogP contribution in [0.4, 0.5) is 5.69 Å². The Kier molecular flexibility index (Phi) is 6.42. The summed E-state index contributed by atoms with van der Waals surface area (Å²) in [6.45, 7) is 1.98. The van der Waals surface area contributed by atoms with Gasteiger partial charge in [-0.3, -0.25) is 9.59 Å². The molecule has 6 heteroatoms. The fourth-order valence-corrected chi connectivity index (χ4v) is 3.29. The van der Waals surface area contributed by atoms with Crippen molar-refractivity contribution < 1.29 is 19.1 Å². The first kappa shape index (κ1) is 19.6. The predicted molar refractivity (Wildman–Crippen MR) is 107 cm³/mol. The van der Waals surface area contributed by atoms with E-state index in [9.17, 15) is 14.4 Å². The molecule has 0 heterocycles. The average Bonchev–Trinajstić information content (AvgIpc) is 3.21. The Bertz CT molecular complexity index is 855. The number of benzene rings is 2. The topological polar surface area (TPSA) is 84.5 Å². The maximum absolute atomic E-state index is 12.5. The van der Waals surface area contributed by atoms with E-state index in [0.717, 1.165) is 25.7 Å². The molecule has 1 saturated carbocycles. The minimum absolute atomic E-state index is 0.119. The average molecular weight is 380 g/mol. The minimum Gasteiger partial charge on any atom is -0.462 e. The van der Waals surface area contributed by atoms with Crippen molar-refractivity contribution in [3.63, 3.8) is 0 Å². The third-order valence-electron chi connectivity index (χ3n) is 4.77. The molecular weight excluding hydrogens is 356 g/mol. The van der Waals surface area contributed by atoms with E-state index in [-0.39, 0.29) is 24.5 Å². The van der Waals surface area contributed by atoms with E-state index in [2.05, 4.69) is 10.6 Å². The SMILES string of the molecule is CCOC(=O)c1ccccc1NC(=O)c1ccc(C(=O)NC2CCCC2)cc1. The van der Waals surface area contributed by atoms with Gasteiger partial charge in [0.25, 0.3) is 11.8 Å². The third kappa shape index (κ3) is 4.76. The zero-order valence-electron chi connectivity index (χ0n) is 15.9. The van der Waals surface area contributed by atoms with Crippen molar-refractivity contribution in [1.82, 2.24) is 5.32 Å². The fraction of sp³-hybridized carbons (Fsp3) is 0.318. The Morgan fingerprint density at radius 3 is 2.18 bits per heavy atom. The minimum atomic E-state index is -0.489. The van der Waals surface area contributed by atoms with Gasteiger partial charge in [-0.15, -0.1) is 0 Å². The van der Waals surface area contributed by atoms with Gasteiger partial charge in [-0.25, -0.2) is 4.79 Å². The second-order valence-electron chi connectivity index (χ2n) is 6.75. The molecule has 0 atom stereocenters. The Morgan fingerprint density at radius 1 is 0.929 bits per heavy atom. The molecule has 2 amide bonds. The summed E-state index contributed by atoms with van der Waals surface area (Å²) in [6, 6.07) is 13.4. The van der Waals surface area contributed by atoms with Crippen LogP contribution >= 0.6 is 0 Å². The van der Waals surface area contributed by atoms with E-state index < -0.39 is 5.97 Å². The molecule has 2 aromatic carbocycles. The van der Waals surface area contributed by atoms with Crippen LogP contribution in [-0.2, 0) is 4.74 Å². The normalized spacial score (nSPS) is 13.8. The first-order valence-corrected chi connectivity index (χ1v) is 9.57. The van der Waals surface area contributed by atoms with Crippen LogP contribution in [0, 0.1) is 0 Å². The summed E-state index contributed by atoms with van der Waals surface area (Å²) in [5.74, 6) is -0.969. The van der Waals surface area contributed by atoms with Gasteiger partial charge in [-0.1, -0.05) is 25.0 Å². The van der Waals surface area contributed by atoms with E-state index in [1.54, 1.807) is 55.5 Å². The Hall–Kier alpha value is -3.15. The number of hydrogen-bond donors (Lipinski definition) is 2. The van der Waals surface area contributed by atoms with Crippen molar-refractivity contribution in [2.45, 2.75) is 38.6 Å². The van der Waals surface area contributed by atoms with Crippen LogP contribution in [0.5, 0.6) is 0 Å². The van der Waals surface area contributed by atoms with Crippen LogP contribution < -0.4 is 10.6 Å². The van der Waals surface area contributed by atoms with Crippen molar-refractivity contribution >= 4 is 23.5 Å². The summed E-state index contributed by atoms with van der Waals surface area (Å²) in [6.07, 6.45) is 4.34. The quantitative estimate of drug-likeness (QED) is 0.747. The highest BCUT2D eigenvalue weighted by Gasteiger charge is 2.19. The largest absolute Gasteiger partial charge is 0.462 e. The standard InChI is InChI=1S/C22H24N2O4/c1-2-28-22(27)18-9-5-6-10-19(18)24-21(26)16-13-11-15(12-14-16)20(25)23-17-7-3-4-8-17/h5-6,9-14,17H,2-4,7-8H2,1H3,(H,23,25)(H,24,26). The number of para-hydroxylation sites is 1. The predicted octanol–water partition coefficient (Wildman–Crippen LogP) is 3.79. The van der Waals surface area contributed by atoms with Gasteiger partial charge in [-0.2, -0.15) is 0 Å². The lowest BCUT2D eigenvalue weighted by atomic mass is 10.1. The van der Waals surface area contributed by atoms with E-state index in [0.29, 0.717) is 22.4 Å². The summed E-state index contributed by atoms with van der Waals surface area (Å²) in [7, 11) is 0. The number of ether oxygens (including phenoxy) is 1. The second-order valence-corrected chi connectivity index (χ2v) is 6.75. The number of rotatable bonds is 6. The van der Waals surface area contributed by atoms with E-state index in [4.69, 9.17) is 4.74 Å². The molecule has 6 nitrogen and oxygen atoms in total. The van der Waals surface area contributed by atoms with Gasteiger partial charge in [0.1, 0.15) is 0 Å². The summed E-state index contributed by atoms with van der Waals surface area (Å²) >= 11 is 0. The molecule has 0 aliphatic heterocycles. The van der Waals surface area contributed by atoms with Crippen LogP contribution in [-0.4, -0.2) is 30.4 Å². The molecule has 0 radical (unpaired) electrons. The van der Waals surface area contributed by atoms with Crippen molar-refractivity contribution in [1.29, 1.82) is 0 Å². The number of amides is 2. The first-order chi connectivity index (χ1) is 13.6. The summed E-state index contributed by atoms with van der Waals surface area (Å²) < 4.78 is 5.02. The van der Waals surface area contributed by atoms with E-state index in [1.165, 1.54) is 0 Å². The van der Waals surface area contributed by atoms with Gasteiger partial charge in [0.15, 0.2) is 0 Å². The van der Waals surface area contributed by atoms with E-state index in [1.807, 2.05) is 0 Å². The maximum Gasteiger partial charge on any atom is 0.340 e. The smallest absolute Gasteiger partial charge is 0.340 e. The molecule has 0 saturated heterocycles. The van der Waals surface area contributed by atoms with Crippen molar-refractivity contribution in [3.05, 3.63) is 65.2 Å². The van der Waals surface area contributed by atoms with Gasteiger partial charge < -0.3 is 15.4 Å². The number of nitrogens with one attached hydrogen (secondary N) is 2. The molecule has 1 fully saturated rings. The van der Waals surface area contributed by atoms with Gasteiger partial charge >= 0.3 is 5.97 Å². The zero-order valence-corrected chi connectivity index (χ0v) is 15.9. The van der Waals surface area contributed by atoms with E-state index >= 15 is 0 Å². The lowest BCUT2D eigenvalue weighted by Gasteiger charge is -2.12. The number of esters is 1. The monoisotopic (exact) mass is 380 g/mol. The summed E-state index contributed by atoms with van der Waals surface area (Å²) in [5, 5.41) is 5.76. The number of carbonyl (C=O) groups excluding carboxylic acids is 3. The van der Waals surface area contributed by atoms with Gasteiger partial charge in [-0.05, 0) is 56.2 Å². The fourth-order valence-electron chi connectivity index (χ4n) is 3.29. The number of hydrogen-bond acceptors (Lipinski definition) is 4. The molecule has 2 aromatic rings. The van der Waals surface area contributed by atoms with Gasteiger partial charge in [0.05, 0.1) is 17.9 Å². The Balaban J connectivity index is 1.67.